The molecule has 2 aromatic carbocycles. The number of halogens is 1. The number of likely N-dealkylation sites (tertiary alicyclic amines) is 1. The summed E-state index contributed by atoms with van der Waals surface area (Å²) in [7, 11) is 1.63. The Labute approximate surface area is 236 Å². The van der Waals surface area contributed by atoms with Gasteiger partial charge in [0.25, 0.3) is 0 Å². The molecule has 0 aliphatic carbocycles. The summed E-state index contributed by atoms with van der Waals surface area (Å²) in [6.45, 7) is 9.55. The minimum atomic E-state index is -0.380. The summed E-state index contributed by atoms with van der Waals surface area (Å²) in [4.78, 5) is 30.1. The van der Waals surface area contributed by atoms with Crippen LogP contribution in [-0.2, 0) is 17.8 Å². The van der Waals surface area contributed by atoms with E-state index in [-0.39, 0.29) is 5.54 Å². The molecule has 39 heavy (non-hydrogen) atoms. The highest BCUT2D eigenvalue weighted by molar-refractivity contribution is 6.36. The van der Waals surface area contributed by atoms with E-state index in [1.807, 2.05) is 12.1 Å². The molecule has 206 valence electrons. The number of carbonyl (C=O) groups is 1. The van der Waals surface area contributed by atoms with Crippen molar-refractivity contribution >= 4 is 39.7 Å². The number of Topliss-reactive ketones (excluding diaryl/α,β-unsaturated/α-hetero) is 1. The second kappa shape index (κ2) is 10.6. The predicted octanol–water partition coefficient (Wildman–Crippen LogP) is 5.51. The van der Waals surface area contributed by atoms with Crippen molar-refractivity contribution in [3.63, 3.8) is 0 Å². The number of benzene rings is 2. The van der Waals surface area contributed by atoms with Crippen molar-refractivity contribution in [3.05, 3.63) is 52.7 Å². The van der Waals surface area contributed by atoms with Gasteiger partial charge in [0.2, 0.25) is 0 Å². The summed E-state index contributed by atoms with van der Waals surface area (Å²) in [6.07, 6.45) is 4.86. The van der Waals surface area contributed by atoms with Crippen LogP contribution in [0, 0.1) is 5.92 Å². The molecule has 1 unspecified atom stereocenters. The van der Waals surface area contributed by atoms with Gasteiger partial charge < -0.3 is 14.5 Å². The van der Waals surface area contributed by atoms with Gasteiger partial charge in [-0.2, -0.15) is 9.97 Å². The first-order valence-corrected chi connectivity index (χ1v) is 14.6. The molecule has 2 saturated heterocycles. The number of ether oxygens (including phenoxy) is 1. The van der Waals surface area contributed by atoms with Gasteiger partial charge >= 0.3 is 6.01 Å². The van der Waals surface area contributed by atoms with Crippen LogP contribution in [0.25, 0.3) is 10.8 Å². The van der Waals surface area contributed by atoms with E-state index >= 15 is 0 Å². The van der Waals surface area contributed by atoms with E-state index in [9.17, 15) is 4.79 Å². The van der Waals surface area contributed by atoms with Gasteiger partial charge in [0.15, 0.2) is 5.78 Å². The molecule has 1 aromatic heterocycles. The number of rotatable bonds is 7. The SMILES string of the molecule is COc1nc2c(c(N3CCC(CC(=O)C(C)(C)N4CCCC4)C3)n1)CCN(c1cccc3cccc(Cl)c13)C2. The summed E-state index contributed by atoms with van der Waals surface area (Å²) >= 11 is 6.65. The Morgan fingerprint density at radius 2 is 1.82 bits per heavy atom. The average molecular weight is 548 g/mol. The van der Waals surface area contributed by atoms with Gasteiger partial charge in [-0.1, -0.05) is 35.9 Å². The molecule has 3 aliphatic rings. The second-order valence-electron chi connectivity index (χ2n) is 11.7. The van der Waals surface area contributed by atoms with Crippen LogP contribution < -0.4 is 14.5 Å². The quantitative estimate of drug-likeness (QED) is 0.386. The number of ketones is 1. The zero-order valence-electron chi connectivity index (χ0n) is 23.3. The largest absolute Gasteiger partial charge is 0.467 e. The standard InChI is InChI=1S/C31H38ClN5O2/c1-31(2,37-14-4-5-15-37)27(38)18-21-12-16-36(19-21)29-23-13-17-35(20-25(23)33-30(34-29)39-3)26-11-7-9-22-8-6-10-24(32)28(22)26/h6-11,21H,4-5,12-20H2,1-3H3. The number of nitrogens with zero attached hydrogens (tertiary/aromatic N) is 5. The number of aromatic nitrogens is 2. The summed E-state index contributed by atoms with van der Waals surface area (Å²) in [5.74, 6) is 1.68. The van der Waals surface area contributed by atoms with Crippen molar-refractivity contribution in [2.75, 3.05) is 49.6 Å². The Morgan fingerprint density at radius 3 is 2.59 bits per heavy atom. The van der Waals surface area contributed by atoms with Crippen LogP contribution in [0.5, 0.6) is 6.01 Å². The van der Waals surface area contributed by atoms with E-state index < -0.39 is 0 Å². The molecule has 4 heterocycles. The Kier molecular flexibility index (Phi) is 7.15. The van der Waals surface area contributed by atoms with Crippen LogP contribution in [0.1, 0.15) is 50.8 Å². The van der Waals surface area contributed by atoms with Crippen molar-refractivity contribution in [2.24, 2.45) is 5.92 Å². The summed E-state index contributed by atoms with van der Waals surface area (Å²) in [6, 6.07) is 12.8. The molecule has 3 aromatic rings. The molecule has 0 N–H and O–H groups in total. The summed E-state index contributed by atoms with van der Waals surface area (Å²) < 4.78 is 5.56. The fourth-order valence-corrected chi connectivity index (χ4v) is 6.92. The van der Waals surface area contributed by atoms with E-state index in [4.69, 9.17) is 26.3 Å². The van der Waals surface area contributed by atoms with Gasteiger partial charge in [-0.3, -0.25) is 9.69 Å². The van der Waals surface area contributed by atoms with Crippen molar-refractivity contribution < 1.29 is 9.53 Å². The predicted molar refractivity (Wildman–Crippen MR) is 157 cm³/mol. The molecule has 1 atom stereocenters. The van der Waals surface area contributed by atoms with Gasteiger partial charge in [-0.05, 0) is 76.1 Å². The Bertz CT molecular complexity index is 1380. The van der Waals surface area contributed by atoms with E-state index in [1.165, 1.54) is 18.4 Å². The maximum Gasteiger partial charge on any atom is 0.318 e. The first-order valence-electron chi connectivity index (χ1n) is 14.2. The highest BCUT2D eigenvalue weighted by Gasteiger charge is 2.38. The molecule has 8 heteroatoms. The zero-order chi connectivity index (χ0) is 27.1. The van der Waals surface area contributed by atoms with E-state index in [1.54, 1.807) is 7.11 Å². The molecule has 2 fully saturated rings. The third-order valence-electron chi connectivity index (χ3n) is 9.02. The molecule has 7 nitrogen and oxygen atoms in total. The fourth-order valence-electron chi connectivity index (χ4n) is 6.64. The Hall–Kier alpha value is -2.90. The van der Waals surface area contributed by atoms with Crippen LogP contribution in [0.2, 0.25) is 5.02 Å². The molecule has 0 amide bonds. The molecule has 0 bridgehead atoms. The molecule has 3 aliphatic heterocycles. The lowest BCUT2D eigenvalue weighted by Crippen LogP contribution is -2.49. The topological polar surface area (TPSA) is 61.8 Å². The number of anilines is 2. The Morgan fingerprint density at radius 1 is 1.05 bits per heavy atom. The number of methoxy groups -OCH3 is 1. The average Bonchev–Trinajstić information content (AvgIpc) is 3.65. The smallest absolute Gasteiger partial charge is 0.318 e. The normalized spacial score (nSPS) is 20.1. The molecule has 0 saturated carbocycles. The van der Waals surface area contributed by atoms with Crippen molar-refractivity contribution in [2.45, 2.75) is 58.0 Å². The third kappa shape index (κ3) is 4.95. The highest BCUT2D eigenvalue weighted by atomic mass is 35.5. The van der Waals surface area contributed by atoms with Gasteiger partial charge in [0.1, 0.15) is 5.82 Å². The number of hydrogen-bond donors (Lipinski definition) is 0. The van der Waals surface area contributed by atoms with Gasteiger partial charge in [-0.25, -0.2) is 0 Å². The van der Waals surface area contributed by atoms with Gasteiger partial charge in [0, 0.05) is 42.7 Å². The Balaban J connectivity index is 1.22. The fraction of sp³-hybridized carbons (Fsp3) is 0.516. The van der Waals surface area contributed by atoms with E-state index in [2.05, 4.69) is 52.8 Å². The molecular weight excluding hydrogens is 510 g/mol. The van der Waals surface area contributed by atoms with Crippen LogP contribution in [0.3, 0.4) is 0 Å². The second-order valence-corrected chi connectivity index (χ2v) is 12.1. The summed E-state index contributed by atoms with van der Waals surface area (Å²) in [5.41, 5.74) is 2.95. The van der Waals surface area contributed by atoms with Crippen LogP contribution in [-0.4, -0.2) is 66.0 Å². The van der Waals surface area contributed by atoms with E-state index in [0.29, 0.717) is 30.7 Å². The van der Waals surface area contributed by atoms with Gasteiger partial charge in [-0.15, -0.1) is 0 Å². The number of hydrogen-bond acceptors (Lipinski definition) is 7. The minimum Gasteiger partial charge on any atom is -0.467 e. The van der Waals surface area contributed by atoms with Crippen molar-refractivity contribution in [1.82, 2.24) is 14.9 Å². The maximum atomic E-state index is 13.4. The van der Waals surface area contributed by atoms with E-state index in [0.717, 1.165) is 78.6 Å². The lowest BCUT2D eigenvalue weighted by atomic mass is 9.89. The molecule has 0 radical (unpaired) electrons. The van der Waals surface area contributed by atoms with Crippen molar-refractivity contribution in [3.8, 4) is 6.01 Å². The maximum absolute atomic E-state index is 13.4. The number of fused-ring (bicyclic) bond motifs is 2. The van der Waals surface area contributed by atoms with Crippen LogP contribution >= 0.6 is 11.6 Å². The lowest BCUT2D eigenvalue weighted by Gasteiger charge is -2.35. The van der Waals surface area contributed by atoms with Crippen molar-refractivity contribution in [1.29, 1.82) is 0 Å². The molecule has 6 rings (SSSR count). The monoisotopic (exact) mass is 547 g/mol. The third-order valence-corrected chi connectivity index (χ3v) is 9.33. The lowest BCUT2D eigenvalue weighted by molar-refractivity contribution is -0.129. The molecular formula is C31H38ClN5O2. The van der Waals surface area contributed by atoms with Crippen LogP contribution in [0.4, 0.5) is 11.5 Å². The number of carbonyl (C=O) groups excluding carboxylic acids is 1. The first kappa shape index (κ1) is 26.3. The zero-order valence-corrected chi connectivity index (χ0v) is 24.0. The highest BCUT2D eigenvalue weighted by Crippen LogP contribution is 2.38. The molecule has 0 spiro atoms. The van der Waals surface area contributed by atoms with Gasteiger partial charge in [0.05, 0.1) is 29.9 Å². The minimum absolute atomic E-state index is 0.342. The first-order chi connectivity index (χ1) is 18.8. The van der Waals surface area contributed by atoms with Crippen LogP contribution in [0.15, 0.2) is 36.4 Å². The summed E-state index contributed by atoms with van der Waals surface area (Å²) in [5, 5.41) is 2.98.